The summed E-state index contributed by atoms with van der Waals surface area (Å²) >= 11 is 0. The zero-order valence-electron chi connectivity index (χ0n) is 33.2. The van der Waals surface area contributed by atoms with Gasteiger partial charge in [-0.2, -0.15) is 0 Å². The van der Waals surface area contributed by atoms with Gasteiger partial charge in [-0.15, -0.1) is 0 Å². The first kappa shape index (κ1) is 35.7. The Morgan fingerprint density at radius 2 is 0.370 bits per heavy atom. The molecule has 0 bridgehead atoms. The maximum absolute atomic E-state index is 2.42. The van der Waals surface area contributed by atoms with Gasteiger partial charge in [0.25, 0.3) is 0 Å². The molecule has 0 aliphatic heterocycles. The van der Waals surface area contributed by atoms with Crippen molar-refractivity contribution in [3.63, 3.8) is 0 Å². The minimum Gasteiger partial charge on any atom is -0.0447 e. The topological polar surface area (TPSA) is 0 Å². The zero-order valence-corrected chi connectivity index (χ0v) is 33.2. The smallest absolute Gasteiger partial charge is 0.0447 e. The molecule has 4 rings (SSSR count). The first-order valence-electron chi connectivity index (χ1n) is 17.5. The zero-order chi connectivity index (χ0) is 35.1. The summed E-state index contributed by atoms with van der Waals surface area (Å²) in [6, 6.07) is 0. The van der Waals surface area contributed by atoms with Gasteiger partial charge in [-0.1, -0.05) is 0 Å². The van der Waals surface area contributed by atoms with E-state index < -0.39 is 5.41 Å². The fraction of sp³-hybridized carbons (Fsp3) is 0.478. The molecule has 0 aromatic heterocycles. The Bertz CT molecular complexity index is 1650. The van der Waals surface area contributed by atoms with Crippen molar-refractivity contribution in [3.8, 4) is 0 Å². The van der Waals surface area contributed by atoms with Crippen molar-refractivity contribution in [2.45, 2.75) is 150 Å². The third-order valence-corrected chi connectivity index (χ3v) is 13.9. The Kier molecular flexibility index (Phi) is 9.44. The standard InChI is InChI=1S/C46H62/c1-22-26(5)34(13)42(35(14)27(22)6)21-46(43-36(15)28(7)23(2)29(8)37(43)16,44-38(17)30(9)24(3)31(10)39(44)18)45-40(19)32(11)25(4)33(12)41(45)20/h21H2,1-20H3. The fourth-order valence-electron chi connectivity index (χ4n) is 9.17. The highest BCUT2D eigenvalue weighted by Crippen LogP contribution is 2.53. The van der Waals surface area contributed by atoms with E-state index in [-0.39, 0.29) is 0 Å². The molecule has 0 nitrogen and oxygen atoms in total. The van der Waals surface area contributed by atoms with E-state index in [9.17, 15) is 0 Å². The van der Waals surface area contributed by atoms with Crippen LogP contribution in [0.25, 0.3) is 0 Å². The van der Waals surface area contributed by atoms with Crippen LogP contribution >= 0.6 is 0 Å². The maximum Gasteiger partial charge on any atom is 0.0508 e. The first-order chi connectivity index (χ1) is 21.2. The van der Waals surface area contributed by atoms with E-state index in [4.69, 9.17) is 0 Å². The monoisotopic (exact) mass is 614 g/mol. The fourth-order valence-corrected chi connectivity index (χ4v) is 9.17. The third kappa shape index (κ3) is 4.84. The molecule has 4 aromatic carbocycles. The van der Waals surface area contributed by atoms with Crippen LogP contribution in [0.5, 0.6) is 0 Å². The van der Waals surface area contributed by atoms with E-state index in [1.807, 2.05) is 0 Å². The van der Waals surface area contributed by atoms with Crippen molar-refractivity contribution in [2.24, 2.45) is 0 Å². The summed E-state index contributed by atoms with van der Waals surface area (Å²) in [5, 5.41) is 0. The summed E-state index contributed by atoms with van der Waals surface area (Å²) in [4.78, 5) is 0. The minimum atomic E-state index is -0.393. The summed E-state index contributed by atoms with van der Waals surface area (Å²) < 4.78 is 0. The van der Waals surface area contributed by atoms with E-state index in [2.05, 4.69) is 138 Å². The molecule has 0 unspecified atom stereocenters. The summed E-state index contributed by atoms with van der Waals surface area (Å²) in [5.74, 6) is 0. The van der Waals surface area contributed by atoms with Crippen molar-refractivity contribution in [1.29, 1.82) is 0 Å². The number of rotatable bonds is 5. The highest BCUT2D eigenvalue weighted by molar-refractivity contribution is 5.71. The van der Waals surface area contributed by atoms with Crippen LogP contribution in [0.2, 0.25) is 0 Å². The van der Waals surface area contributed by atoms with Crippen molar-refractivity contribution < 1.29 is 0 Å². The van der Waals surface area contributed by atoms with E-state index in [0.29, 0.717) is 0 Å². The molecule has 0 fully saturated rings. The number of benzene rings is 4. The van der Waals surface area contributed by atoms with Crippen LogP contribution in [-0.2, 0) is 11.8 Å². The van der Waals surface area contributed by atoms with Gasteiger partial charge in [0, 0.05) is 0 Å². The first-order valence-corrected chi connectivity index (χ1v) is 17.5. The average Bonchev–Trinajstić information content (AvgIpc) is 3.02. The summed E-state index contributed by atoms with van der Waals surface area (Å²) in [6.45, 7) is 47.4. The molecule has 0 heteroatoms. The molecule has 0 amide bonds. The molecular formula is C46H62. The van der Waals surface area contributed by atoms with Gasteiger partial charge in [-0.05, 0) is 278 Å². The molecule has 0 spiro atoms. The molecule has 0 aliphatic carbocycles. The molecule has 0 radical (unpaired) electrons. The third-order valence-electron chi connectivity index (χ3n) is 13.9. The number of hydrogen-bond acceptors (Lipinski definition) is 0. The summed E-state index contributed by atoms with van der Waals surface area (Å²) in [7, 11) is 0. The Hall–Kier alpha value is -3.12. The Labute approximate surface area is 283 Å². The largest absolute Gasteiger partial charge is 0.0508 e. The predicted octanol–water partition coefficient (Wildman–Crippen LogP) is 12.4. The van der Waals surface area contributed by atoms with Gasteiger partial charge in [0.2, 0.25) is 0 Å². The lowest BCUT2D eigenvalue weighted by Crippen LogP contribution is -2.39. The minimum absolute atomic E-state index is 0.393. The van der Waals surface area contributed by atoms with Crippen molar-refractivity contribution in [1.82, 2.24) is 0 Å². The highest BCUT2D eigenvalue weighted by Gasteiger charge is 2.46. The van der Waals surface area contributed by atoms with Gasteiger partial charge >= 0.3 is 0 Å². The molecule has 46 heavy (non-hydrogen) atoms. The van der Waals surface area contributed by atoms with Crippen LogP contribution in [0.1, 0.15) is 134 Å². The molecule has 0 N–H and O–H groups in total. The quantitative estimate of drug-likeness (QED) is 0.196. The van der Waals surface area contributed by atoms with Crippen molar-refractivity contribution >= 4 is 0 Å². The van der Waals surface area contributed by atoms with Crippen LogP contribution in [0, 0.1) is 138 Å². The molecule has 0 saturated heterocycles. The SMILES string of the molecule is Cc1c(C)c(C)c(CC(c2c(C)c(C)c(C)c(C)c2C)(c2c(C)c(C)c(C)c(C)c2C)c2c(C)c(C)c(C)c(C)c2C)c(C)c1C. The molecule has 0 atom stereocenters. The second-order valence-corrected chi connectivity index (χ2v) is 15.2. The maximum atomic E-state index is 2.42. The molecule has 0 aliphatic rings. The van der Waals surface area contributed by atoms with Gasteiger partial charge in [0.15, 0.2) is 0 Å². The second kappa shape index (κ2) is 12.2. The van der Waals surface area contributed by atoms with Crippen LogP contribution in [0.4, 0.5) is 0 Å². The number of hydrogen-bond donors (Lipinski definition) is 0. The summed E-state index contributed by atoms with van der Waals surface area (Å²) in [5.41, 5.74) is 34.4. The van der Waals surface area contributed by atoms with Crippen molar-refractivity contribution in [2.75, 3.05) is 0 Å². The lowest BCUT2D eigenvalue weighted by molar-refractivity contribution is 0.580. The lowest BCUT2D eigenvalue weighted by Gasteiger charge is -2.45. The van der Waals surface area contributed by atoms with Crippen LogP contribution in [0.15, 0.2) is 0 Å². The van der Waals surface area contributed by atoms with Crippen LogP contribution in [0.3, 0.4) is 0 Å². The van der Waals surface area contributed by atoms with E-state index >= 15 is 0 Å². The average molecular weight is 615 g/mol. The van der Waals surface area contributed by atoms with Crippen LogP contribution < -0.4 is 0 Å². The normalized spacial score (nSPS) is 12.0. The molecular weight excluding hydrogens is 553 g/mol. The van der Waals surface area contributed by atoms with Gasteiger partial charge in [-0.3, -0.25) is 0 Å². The van der Waals surface area contributed by atoms with E-state index in [1.54, 1.807) is 0 Å². The second-order valence-electron chi connectivity index (χ2n) is 15.2. The van der Waals surface area contributed by atoms with Gasteiger partial charge in [0.1, 0.15) is 0 Å². The molecule has 4 aromatic rings. The van der Waals surface area contributed by atoms with E-state index in [1.165, 1.54) is 134 Å². The molecule has 246 valence electrons. The molecule has 0 heterocycles. The predicted molar refractivity (Wildman–Crippen MR) is 204 cm³/mol. The van der Waals surface area contributed by atoms with E-state index in [0.717, 1.165) is 6.42 Å². The Balaban J connectivity index is 2.54. The summed E-state index contributed by atoms with van der Waals surface area (Å²) in [6.07, 6.45) is 0.934. The highest BCUT2D eigenvalue weighted by atomic mass is 14.5. The Morgan fingerprint density at radius 3 is 0.565 bits per heavy atom. The van der Waals surface area contributed by atoms with Gasteiger partial charge in [0.05, 0.1) is 5.41 Å². The molecule has 0 saturated carbocycles. The van der Waals surface area contributed by atoms with Crippen LogP contribution in [-0.4, -0.2) is 0 Å². The van der Waals surface area contributed by atoms with Gasteiger partial charge in [-0.25, -0.2) is 0 Å². The Morgan fingerprint density at radius 1 is 0.217 bits per heavy atom. The van der Waals surface area contributed by atoms with Crippen molar-refractivity contribution in [3.05, 3.63) is 134 Å². The van der Waals surface area contributed by atoms with Gasteiger partial charge < -0.3 is 0 Å². The lowest BCUT2D eigenvalue weighted by atomic mass is 9.57.